The number of halogens is 3. The first-order valence-corrected chi connectivity index (χ1v) is 4.77. The molecule has 0 aliphatic heterocycles. The maximum atomic E-state index is 12.5. The maximum Gasteiger partial charge on any atom is 0.416 e. The topological polar surface area (TPSA) is 35.2 Å². The van der Waals surface area contributed by atoms with Crippen LogP contribution in [0.5, 0.6) is 0 Å². The Hall–Kier alpha value is -1.07. The average molecular weight is 233 g/mol. The van der Waals surface area contributed by atoms with E-state index >= 15 is 0 Å². The smallest absolute Gasteiger partial charge is 0.304 e. The van der Waals surface area contributed by atoms with Crippen LogP contribution >= 0.6 is 0 Å². The molecule has 0 saturated carbocycles. The van der Waals surface area contributed by atoms with Crippen LogP contribution in [0.4, 0.5) is 13.2 Å². The molecule has 1 aromatic rings. The molecule has 0 bridgehead atoms. The molecule has 5 heteroatoms. The molecule has 1 aromatic carbocycles. The van der Waals surface area contributed by atoms with Gasteiger partial charge in [0, 0.05) is 5.41 Å². The summed E-state index contributed by atoms with van der Waals surface area (Å²) in [5.41, 5.74) is -0.654. The first kappa shape index (κ1) is 13.0. The fraction of sp³-hybridized carbons (Fsp3) is 0.455. The van der Waals surface area contributed by atoms with E-state index < -0.39 is 17.2 Å². The first-order chi connectivity index (χ1) is 7.27. The minimum Gasteiger partial charge on any atom is -0.304 e. The second-order valence-corrected chi connectivity index (χ2v) is 4.27. The Balaban J connectivity index is 3.08. The van der Waals surface area contributed by atoms with Crippen molar-refractivity contribution in [1.29, 1.82) is 0 Å². The van der Waals surface area contributed by atoms with Crippen LogP contribution in [-0.4, -0.2) is 6.61 Å². The van der Waals surface area contributed by atoms with E-state index in [0.29, 0.717) is 5.56 Å². The molecule has 0 aliphatic carbocycles. The minimum absolute atomic E-state index is 0.161. The van der Waals surface area contributed by atoms with Crippen LogP contribution in [0.2, 0.25) is 0 Å². The Kier molecular flexibility index (Phi) is 3.60. The molecule has 2 N–H and O–H groups in total. The summed E-state index contributed by atoms with van der Waals surface area (Å²) in [6.07, 6.45) is -4.32. The molecule has 0 heterocycles. The lowest BCUT2D eigenvalue weighted by Crippen LogP contribution is -2.26. The fourth-order valence-electron chi connectivity index (χ4n) is 1.41. The van der Waals surface area contributed by atoms with Gasteiger partial charge < -0.3 is 4.84 Å². The third-order valence-corrected chi connectivity index (χ3v) is 2.42. The van der Waals surface area contributed by atoms with Crippen molar-refractivity contribution in [2.45, 2.75) is 25.4 Å². The van der Waals surface area contributed by atoms with Crippen LogP contribution in [-0.2, 0) is 16.4 Å². The van der Waals surface area contributed by atoms with Crippen LogP contribution in [0.25, 0.3) is 0 Å². The lowest BCUT2D eigenvalue weighted by atomic mass is 9.85. The molecule has 0 amide bonds. The lowest BCUT2D eigenvalue weighted by Gasteiger charge is -2.24. The molecule has 2 nitrogen and oxygen atoms in total. The Labute approximate surface area is 92.2 Å². The van der Waals surface area contributed by atoms with Gasteiger partial charge in [0.25, 0.3) is 0 Å². The summed E-state index contributed by atoms with van der Waals surface area (Å²) in [6, 6.07) is 5.19. The third kappa shape index (κ3) is 2.96. The van der Waals surface area contributed by atoms with E-state index in [9.17, 15) is 13.2 Å². The first-order valence-electron chi connectivity index (χ1n) is 4.77. The summed E-state index contributed by atoms with van der Waals surface area (Å²) < 4.78 is 37.5. The van der Waals surface area contributed by atoms with Gasteiger partial charge in [-0.2, -0.15) is 13.2 Å². The van der Waals surface area contributed by atoms with Crippen molar-refractivity contribution in [1.82, 2.24) is 0 Å². The molecular formula is C11H14F3NO. The van der Waals surface area contributed by atoms with Gasteiger partial charge in [-0.1, -0.05) is 32.0 Å². The summed E-state index contributed by atoms with van der Waals surface area (Å²) in [6.45, 7) is 3.71. The SMILES string of the molecule is CC(C)(CON)c1cccc(C(F)(F)F)c1. The van der Waals surface area contributed by atoms with Crippen molar-refractivity contribution >= 4 is 0 Å². The van der Waals surface area contributed by atoms with Crippen LogP contribution in [0.15, 0.2) is 24.3 Å². The van der Waals surface area contributed by atoms with Crippen LogP contribution < -0.4 is 5.90 Å². The number of hydrogen-bond donors (Lipinski definition) is 1. The Morgan fingerprint density at radius 1 is 1.19 bits per heavy atom. The van der Waals surface area contributed by atoms with Gasteiger partial charge in [0.15, 0.2) is 0 Å². The van der Waals surface area contributed by atoms with Gasteiger partial charge in [0.05, 0.1) is 12.2 Å². The standard InChI is InChI=1S/C11H14F3NO/c1-10(2,7-16-15)8-4-3-5-9(6-8)11(12,13)14/h3-6H,7,15H2,1-2H3. The zero-order valence-electron chi connectivity index (χ0n) is 9.14. The van der Waals surface area contributed by atoms with Crippen molar-refractivity contribution in [3.63, 3.8) is 0 Å². The van der Waals surface area contributed by atoms with Gasteiger partial charge in [-0.3, -0.25) is 0 Å². The molecule has 0 atom stereocenters. The fourth-order valence-corrected chi connectivity index (χ4v) is 1.41. The number of hydrogen-bond acceptors (Lipinski definition) is 2. The molecule has 0 unspecified atom stereocenters. The van der Waals surface area contributed by atoms with Crippen molar-refractivity contribution in [2.75, 3.05) is 6.61 Å². The highest BCUT2D eigenvalue weighted by molar-refractivity contribution is 5.30. The van der Waals surface area contributed by atoms with Gasteiger partial charge in [0.2, 0.25) is 0 Å². The molecule has 0 fully saturated rings. The van der Waals surface area contributed by atoms with E-state index in [4.69, 9.17) is 5.90 Å². The van der Waals surface area contributed by atoms with Gasteiger partial charge in [-0.05, 0) is 11.6 Å². The average Bonchev–Trinajstić information content (AvgIpc) is 2.16. The molecule has 16 heavy (non-hydrogen) atoms. The number of alkyl halides is 3. The number of benzene rings is 1. The second kappa shape index (κ2) is 4.43. The third-order valence-electron chi connectivity index (χ3n) is 2.42. The number of rotatable bonds is 3. The van der Waals surface area contributed by atoms with Crippen LogP contribution in [0.3, 0.4) is 0 Å². The van der Waals surface area contributed by atoms with E-state index in [2.05, 4.69) is 4.84 Å². The zero-order chi connectivity index (χ0) is 12.4. The predicted octanol–water partition coefficient (Wildman–Crippen LogP) is 2.87. The molecular weight excluding hydrogens is 219 g/mol. The molecule has 0 spiro atoms. The Bertz CT molecular complexity index is 360. The van der Waals surface area contributed by atoms with Crippen LogP contribution in [0.1, 0.15) is 25.0 Å². The molecule has 1 rings (SSSR count). The summed E-state index contributed by atoms with van der Waals surface area (Å²) >= 11 is 0. The summed E-state index contributed by atoms with van der Waals surface area (Å²) in [5.74, 6) is 4.95. The van der Waals surface area contributed by atoms with Crippen LogP contribution in [0, 0.1) is 0 Å². The van der Waals surface area contributed by atoms with Gasteiger partial charge in [0.1, 0.15) is 0 Å². The van der Waals surface area contributed by atoms with Crippen molar-refractivity contribution in [2.24, 2.45) is 5.90 Å². The molecule has 90 valence electrons. The lowest BCUT2D eigenvalue weighted by molar-refractivity contribution is -0.137. The van der Waals surface area contributed by atoms with Gasteiger partial charge >= 0.3 is 6.18 Å². The molecule has 0 aliphatic rings. The summed E-state index contributed by atoms with van der Waals surface area (Å²) in [7, 11) is 0. The van der Waals surface area contributed by atoms with E-state index in [1.807, 2.05) is 0 Å². The highest BCUT2D eigenvalue weighted by atomic mass is 19.4. The summed E-state index contributed by atoms with van der Waals surface area (Å²) in [5, 5.41) is 0. The van der Waals surface area contributed by atoms with E-state index in [-0.39, 0.29) is 6.61 Å². The van der Waals surface area contributed by atoms with Gasteiger partial charge in [-0.15, -0.1) is 0 Å². The monoisotopic (exact) mass is 233 g/mol. The zero-order valence-corrected chi connectivity index (χ0v) is 9.14. The minimum atomic E-state index is -4.32. The highest BCUT2D eigenvalue weighted by Crippen LogP contribution is 2.32. The quantitative estimate of drug-likeness (QED) is 0.815. The van der Waals surface area contributed by atoms with Crippen molar-refractivity contribution in [3.05, 3.63) is 35.4 Å². The molecule has 0 aromatic heterocycles. The second-order valence-electron chi connectivity index (χ2n) is 4.27. The highest BCUT2D eigenvalue weighted by Gasteiger charge is 2.32. The van der Waals surface area contributed by atoms with E-state index in [1.54, 1.807) is 19.9 Å². The largest absolute Gasteiger partial charge is 0.416 e. The molecule has 0 radical (unpaired) electrons. The van der Waals surface area contributed by atoms with Crippen molar-refractivity contribution in [3.8, 4) is 0 Å². The maximum absolute atomic E-state index is 12.5. The summed E-state index contributed by atoms with van der Waals surface area (Å²) in [4.78, 5) is 4.51. The predicted molar refractivity (Wildman–Crippen MR) is 54.6 cm³/mol. The van der Waals surface area contributed by atoms with E-state index in [1.165, 1.54) is 6.07 Å². The Morgan fingerprint density at radius 3 is 2.25 bits per heavy atom. The van der Waals surface area contributed by atoms with E-state index in [0.717, 1.165) is 12.1 Å². The number of nitrogens with two attached hydrogens (primary N) is 1. The normalized spacial score (nSPS) is 12.9. The van der Waals surface area contributed by atoms with Gasteiger partial charge in [-0.25, -0.2) is 5.90 Å². The Morgan fingerprint density at radius 2 is 1.75 bits per heavy atom. The van der Waals surface area contributed by atoms with Crippen molar-refractivity contribution < 1.29 is 18.0 Å². The molecule has 0 saturated heterocycles.